The van der Waals surface area contributed by atoms with Gasteiger partial charge >= 0.3 is 0 Å². The highest BCUT2D eigenvalue weighted by Crippen LogP contribution is 2.12. The van der Waals surface area contributed by atoms with Crippen molar-refractivity contribution in [1.82, 2.24) is 9.97 Å². The smallest absolute Gasteiger partial charge is 0.270 e. The number of aromatic nitrogens is 2. The number of hydrogen-bond acceptors (Lipinski definition) is 4. The van der Waals surface area contributed by atoms with Crippen LogP contribution in [-0.4, -0.2) is 21.8 Å². The Morgan fingerprint density at radius 1 is 1.44 bits per heavy atom. The summed E-state index contributed by atoms with van der Waals surface area (Å²) < 4.78 is 0. The molecule has 0 spiro atoms. The number of thioether (sulfide) groups is 1. The molecule has 5 heteroatoms. The van der Waals surface area contributed by atoms with Gasteiger partial charge in [-0.25, -0.2) is 4.98 Å². The van der Waals surface area contributed by atoms with Crippen molar-refractivity contribution >= 4 is 22.8 Å². The average molecular weight is 263 g/mol. The van der Waals surface area contributed by atoms with E-state index in [4.69, 9.17) is 5.73 Å². The topological polar surface area (TPSA) is 71.8 Å². The molecule has 1 aromatic carbocycles. The Bertz CT molecular complexity index is 580. The van der Waals surface area contributed by atoms with Gasteiger partial charge in [0.05, 0.1) is 11.0 Å². The first-order valence-electron chi connectivity index (χ1n) is 5.98. The molecule has 1 heterocycles. The normalized spacial score (nSPS) is 12.8. The maximum absolute atomic E-state index is 11.8. The minimum absolute atomic E-state index is 0.0954. The molecule has 0 radical (unpaired) electrons. The maximum Gasteiger partial charge on any atom is 0.270 e. The lowest BCUT2D eigenvalue weighted by atomic mass is 10.3. The largest absolute Gasteiger partial charge is 0.328 e. The third-order valence-electron chi connectivity index (χ3n) is 2.63. The van der Waals surface area contributed by atoms with Crippen molar-refractivity contribution in [2.24, 2.45) is 5.73 Å². The van der Waals surface area contributed by atoms with E-state index in [0.717, 1.165) is 23.2 Å². The van der Waals surface area contributed by atoms with Gasteiger partial charge < -0.3 is 10.7 Å². The Morgan fingerprint density at radius 2 is 2.22 bits per heavy atom. The minimum atomic E-state index is -0.0954. The zero-order valence-electron chi connectivity index (χ0n) is 10.3. The molecular formula is C13H17N3OS. The molecule has 1 atom stereocenters. The molecule has 1 aromatic heterocycles. The third-order valence-corrected chi connectivity index (χ3v) is 3.63. The Labute approximate surface area is 110 Å². The monoisotopic (exact) mass is 263 g/mol. The van der Waals surface area contributed by atoms with Crippen LogP contribution in [0.3, 0.4) is 0 Å². The summed E-state index contributed by atoms with van der Waals surface area (Å²) in [4.78, 5) is 19.1. The van der Waals surface area contributed by atoms with Crippen molar-refractivity contribution in [3.05, 3.63) is 40.3 Å². The summed E-state index contributed by atoms with van der Waals surface area (Å²) in [5.74, 6) is 1.58. The second-order valence-electron chi connectivity index (χ2n) is 4.35. The zero-order valence-corrected chi connectivity index (χ0v) is 11.2. The van der Waals surface area contributed by atoms with Crippen LogP contribution in [0.15, 0.2) is 29.1 Å². The lowest BCUT2D eigenvalue weighted by molar-refractivity contribution is 0.721. The molecular weight excluding hydrogens is 246 g/mol. The number of rotatable bonds is 5. The van der Waals surface area contributed by atoms with Crippen molar-refractivity contribution in [1.29, 1.82) is 0 Å². The van der Waals surface area contributed by atoms with E-state index in [1.807, 2.05) is 31.2 Å². The van der Waals surface area contributed by atoms with Crippen LogP contribution in [0.5, 0.6) is 0 Å². The van der Waals surface area contributed by atoms with E-state index < -0.39 is 0 Å². The molecule has 0 aliphatic rings. The summed E-state index contributed by atoms with van der Waals surface area (Å²) >= 11 is 1.69. The first-order valence-corrected chi connectivity index (χ1v) is 7.13. The number of nitrogens with zero attached hydrogens (tertiary/aromatic N) is 1. The first-order chi connectivity index (χ1) is 8.66. The number of benzene rings is 1. The van der Waals surface area contributed by atoms with E-state index in [1.54, 1.807) is 11.8 Å². The number of nitrogens with one attached hydrogen (secondary N) is 1. The highest BCUT2D eigenvalue weighted by atomic mass is 32.2. The van der Waals surface area contributed by atoms with Crippen LogP contribution in [0.4, 0.5) is 0 Å². The van der Waals surface area contributed by atoms with E-state index in [9.17, 15) is 4.79 Å². The fourth-order valence-electron chi connectivity index (χ4n) is 1.60. The van der Waals surface area contributed by atoms with Gasteiger partial charge in [0.15, 0.2) is 0 Å². The summed E-state index contributed by atoms with van der Waals surface area (Å²) in [6, 6.07) is 7.77. The molecule has 18 heavy (non-hydrogen) atoms. The lowest BCUT2D eigenvalue weighted by Gasteiger charge is -2.04. The van der Waals surface area contributed by atoms with Gasteiger partial charge in [-0.05, 0) is 31.2 Å². The van der Waals surface area contributed by atoms with Gasteiger partial charge in [0.2, 0.25) is 0 Å². The van der Waals surface area contributed by atoms with E-state index in [1.165, 1.54) is 0 Å². The molecule has 1 unspecified atom stereocenters. The number of hydrogen-bond donors (Lipinski definition) is 2. The maximum atomic E-state index is 11.8. The quantitative estimate of drug-likeness (QED) is 0.808. The van der Waals surface area contributed by atoms with Crippen molar-refractivity contribution in [3.8, 4) is 0 Å². The van der Waals surface area contributed by atoms with Gasteiger partial charge in [-0.3, -0.25) is 4.79 Å². The Hall–Kier alpha value is -1.33. The number of aromatic amines is 1. The molecule has 0 saturated carbocycles. The SMILES string of the molecule is CC(N)CCSCc1nc2ccccc2[nH]c1=O. The Kier molecular flexibility index (Phi) is 4.38. The van der Waals surface area contributed by atoms with Crippen LogP contribution in [0.2, 0.25) is 0 Å². The predicted molar refractivity (Wildman–Crippen MR) is 76.8 cm³/mol. The molecule has 0 aliphatic carbocycles. The number of H-pyrrole nitrogens is 1. The van der Waals surface area contributed by atoms with Crippen LogP contribution >= 0.6 is 11.8 Å². The van der Waals surface area contributed by atoms with Crippen LogP contribution in [0.25, 0.3) is 11.0 Å². The van der Waals surface area contributed by atoms with Gasteiger partial charge in [-0.2, -0.15) is 11.8 Å². The van der Waals surface area contributed by atoms with Crippen molar-refractivity contribution in [2.75, 3.05) is 5.75 Å². The van der Waals surface area contributed by atoms with E-state index in [-0.39, 0.29) is 11.6 Å². The van der Waals surface area contributed by atoms with E-state index in [0.29, 0.717) is 11.4 Å². The molecule has 2 rings (SSSR count). The summed E-state index contributed by atoms with van der Waals surface area (Å²) in [5.41, 5.74) is 7.79. The van der Waals surface area contributed by atoms with Gasteiger partial charge in [-0.15, -0.1) is 0 Å². The summed E-state index contributed by atoms with van der Waals surface area (Å²) in [7, 11) is 0. The number of nitrogens with two attached hydrogens (primary N) is 1. The molecule has 2 aromatic rings. The van der Waals surface area contributed by atoms with Gasteiger partial charge in [0.1, 0.15) is 5.69 Å². The summed E-state index contributed by atoms with van der Waals surface area (Å²) in [6.45, 7) is 1.99. The minimum Gasteiger partial charge on any atom is -0.328 e. The lowest BCUT2D eigenvalue weighted by Crippen LogP contribution is -2.16. The molecule has 0 fully saturated rings. The fourth-order valence-corrected chi connectivity index (χ4v) is 2.68. The fraction of sp³-hybridized carbons (Fsp3) is 0.385. The molecule has 0 bridgehead atoms. The first kappa shape index (κ1) is 13.1. The van der Waals surface area contributed by atoms with Crippen molar-refractivity contribution < 1.29 is 0 Å². The molecule has 96 valence electrons. The standard InChI is InChI=1S/C13H17N3OS/c1-9(14)6-7-18-8-12-13(17)16-11-5-3-2-4-10(11)15-12/h2-5,9H,6-8,14H2,1H3,(H,16,17). The van der Waals surface area contributed by atoms with Gasteiger partial charge in [-0.1, -0.05) is 12.1 Å². The third kappa shape index (κ3) is 3.34. The number of fused-ring (bicyclic) bond motifs is 1. The second-order valence-corrected chi connectivity index (χ2v) is 5.45. The van der Waals surface area contributed by atoms with E-state index in [2.05, 4.69) is 9.97 Å². The highest BCUT2D eigenvalue weighted by molar-refractivity contribution is 7.98. The van der Waals surface area contributed by atoms with Crippen molar-refractivity contribution in [2.45, 2.75) is 25.1 Å². The van der Waals surface area contributed by atoms with Crippen molar-refractivity contribution in [3.63, 3.8) is 0 Å². The molecule has 0 aliphatic heterocycles. The predicted octanol–water partition coefficient (Wildman–Crippen LogP) is 1.89. The summed E-state index contributed by atoms with van der Waals surface area (Å²) in [6.07, 6.45) is 0.955. The average Bonchev–Trinajstić information content (AvgIpc) is 2.34. The zero-order chi connectivity index (χ0) is 13.0. The van der Waals surface area contributed by atoms with Gasteiger partial charge in [0, 0.05) is 11.8 Å². The van der Waals surface area contributed by atoms with Crippen LogP contribution in [-0.2, 0) is 5.75 Å². The summed E-state index contributed by atoms with van der Waals surface area (Å²) in [5, 5.41) is 0. The van der Waals surface area contributed by atoms with Crippen LogP contribution < -0.4 is 11.3 Å². The Balaban J connectivity index is 2.08. The molecule has 0 amide bonds. The van der Waals surface area contributed by atoms with Crippen LogP contribution in [0.1, 0.15) is 19.0 Å². The van der Waals surface area contributed by atoms with Gasteiger partial charge in [0.25, 0.3) is 5.56 Å². The Morgan fingerprint density at radius 3 is 3.00 bits per heavy atom. The highest BCUT2D eigenvalue weighted by Gasteiger charge is 2.04. The molecule has 0 saturated heterocycles. The van der Waals surface area contributed by atoms with Crippen LogP contribution in [0, 0.1) is 0 Å². The number of para-hydroxylation sites is 2. The van der Waals surface area contributed by atoms with E-state index >= 15 is 0 Å². The second kappa shape index (κ2) is 6.02. The molecule has 4 nitrogen and oxygen atoms in total. The molecule has 3 N–H and O–H groups in total.